The van der Waals surface area contributed by atoms with E-state index in [0.717, 1.165) is 11.4 Å². The van der Waals surface area contributed by atoms with Gasteiger partial charge in [0.25, 0.3) is 0 Å². The van der Waals surface area contributed by atoms with Crippen LogP contribution in [0.1, 0.15) is 39.2 Å². The summed E-state index contributed by atoms with van der Waals surface area (Å²) in [6.07, 6.45) is 4.06. The summed E-state index contributed by atoms with van der Waals surface area (Å²) in [5.41, 5.74) is 1.42. The van der Waals surface area contributed by atoms with E-state index < -0.39 is 10.8 Å². The Morgan fingerprint density at radius 1 is 1.24 bits per heavy atom. The van der Waals surface area contributed by atoms with Crippen molar-refractivity contribution in [3.05, 3.63) is 29.8 Å². The standard InChI is InChI=1S/C14H23NOS/c1-5-10-14(2,3)15-11-12-6-8-13(9-7-12)17(4)16/h6-9,15H,5,10-11H2,1-4H3/t17-/m1/s1. The average Bonchev–Trinajstić information content (AvgIpc) is 2.27. The summed E-state index contributed by atoms with van der Waals surface area (Å²) in [7, 11) is -0.882. The van der Waals surface area contributed by atoms with Crippen LogP contribution in [0.4, 0.5) is 0 Å². The van der Waals surface area contributed by atoms with E-state index in [2.05, 4.69) is 26.1 Å². The van der Waals surface area contributed by atoms with Gasteiger partial charge in [0.05, 0.1) is 0 Å². The molecule has 0 bridgehead atoms. The van der Waals surface area contributed by atoms with Crippen molar-refractivity contribution in [1.82, 2.24) is 5.32 Å². The SMILES string of the molecule is CCCC(C)(C)NCc1ccc([S@@](C)=O)cc1. The highest BCUT2D eigenvalue weighted by Gasteiger charge is 2.14. The van der Waals surface area contributed by atoms with Crippen LogP contribution in [-0.2, 0) is 17.3 Å². The average molecular weight is 253 g/mol. The molecule has 0 unspecified atom stereocenters. The van der Waals surface area contributed by atoms with Crippen molar-refractivity contribution in [3.8, 4) is 0 Å². The Morgan fingerprint density at radius 2 is 1.82 bits per heavy atom. The number of rotatable bonds is 6. The molecule has 0 aromatic heterocycles. The predicted molar refractivity (Wildman–Crippen MR) is 74.6 cm³/mol. The van der Waals surface area contributed by atoms with Crippen molar-refractivity contribution in [3.63, 3.8) is 0 Å². The second kappa shape index (κ2) is 6.31. The summed E-state index contributed by atoms with van der Waals surface area (Å²) in [6, 6.07) is 7.98. The summed E-state index contributed by atoms with van der Waals surface area (Å²) in [6.45, 7) is 7.52. The van der Waals surface area contributed by atoms with E-state index in [-0.39, 0.29) is 5.54 Å². The van der Waals surface area contributed by atoms with Crippen molar-refractivity contribution >= 4 is 10.8 Å². The van der Waals surface area contributed by atoms with Gasteiger partial charge in [-0.25, -0.2) is 0 Å². The van der Waals surface area contributed by atoms with Gasteiger partial charge >= 0.3 is 0 Å². The Balaban J connectivity index is 2.55. The van der Waals surface area contributed by atoms with Gasteiger partial charge in [-0.3, -0.25) is 4.21 Å². The van der Waals surface area contributed by atoms with E-state index in [1.807, 2.05) is 24.3 Å². The maximum Gasteiger partial charge on any atom is 0.0498 e. The van der Waals surface area contributed by atoms with Crippen LogP contribution in [0.15, 0.2) is 29.2 Å². The molecule has 0 aliphatic rings. The minimum atomic E-state index is -0.882. The quantitative estimate of drug-likeness (QED) is 0.844. The van der Waals surface area contributed by atoms with Gasteiger partial charge in [0.2, 0.25) is 0 Å². The Morgan fingerprint density at radius 3 is 2.29 bits per heavy atom. The molecule has 0 amide bonds. The third-order valence-corrected chi connectivity index (χ3v) is 3.84. The van der Waals surface area contributed by atoms with Crippen LogP contribution in [0, 0.1) is 0 Å². The van der Waals surface area contributed by atoms with Crippen LogP contribution < -0.4 is 5.32 Å². The van der Waals surface area contributed by atoms with E-state index >= 15 is 0 Å². The minimum absolute atomic E-state index is 0.182. The molecule has 0 spiro atoms. The Hall–Kier alpha value is -0.670. The largest absolute Gasteiger partial charge is 0.308 e. The number of nitrogens with one attached hydrogen (secondary N) is 1. The molecule has 1 aromatic carbocycles. The van der Waals surface area contributed by atoms with Crippen LogP contribution in [0.25, 0.3) is 0 Å². The fourth-order valence-electron chi connectivity index (χ4n) is 1.85. The van der Waals surface area contributed by atoms with E-state index in [9.17, 15) is 4.21 Å². The normalized spacial score (nSPS) is 13.6. The monoisotopic (exact) mass is 253 g/mol. The van der Waals surface area contributed by atoms with Crippen LogP contribution in [0.3, 0.4) is 0 Å². The van der Waals surface area contributed by atoms with E-state index in [0.29, 0.717) is 0 Å². The molecule has 1 aromatic rings. The number of hydrogen-bond acceptors (Lipinski definition) is 2. The molecule has 0 fully saturated rings. The highest BCUT2D eigenvalue weighted by atomic mass is 32.2. The zero-order valence-corrected chi connectivity index (χ0v) is 12.1. The van der Waals surface area contributed by atoms with Gasteiger partial charge < -0.3 is 5.32 Å². The molecule has 0 saturated heterocycles. The Labute approximate surface area is 107 Å². The molecule has 0 saturated carbocycles. The fourth-order valence-corrected chi connectivity index (χ4v) is 2.37. The van der Waals surface area contributed by atoms with Gasteiger partial charge in [-0.15, -0.1) is 0 Å². The molecular formula is C14H23NOS. The summed E-state index contributed by atoms with van der Waals surface area (Å²) in [5.74, 6) is 0. The van der Waals surface area contributed by atoms with Gasteiger partial charge in [0.15, 0.2) is 0 Å². The molecule has 1 atom stereocenters. The number of benzene rings is 1. The first-order valence-corrected chi connectivity index (χ1v) is 7.68. The molecule has 0 radical (unpaired) electrons. The van der Waals surface area contributed by atoms with Gasteiger partial charge in [-0.2, -0.15) is 0 Å². The first-order chi connectivity index (χ1) is 7.94. The highest BCUT2D eigenvalue weighted by Crippen LogP contribution is 2.13. The molecule has 96 valence electrons. The van der Waals surface area contributed by atoms with Gasteiger partial charge in [0, 0.05) is 34.0 Å². The maximum atomic E-state index is 11.3. The van der Waals surface area contributed by atoms with Crippen molar-refractivity contribution in [2.75, 3.05) is 6.26 Å². The molecule has 0 aliphatic heterocycles. The molecule has 0 heterocycles. The fraction of sp³-hybridized carbons (Fsp3) is 0.571. The van der Waals surface area contributed by atoms with Gasteiger partial charge in [-0.05, 0) is 38.0 Å². The van der Waals surface area contributed by atoms with Crippen LogP contribution in [0.2, 0.25) is 0 Å². The molecular weight excluding hydrogens is 230 g/mol. The smallest absolute Gasteiger partial charge is 0.0498 e. The number of hydrogen-bond donors (Lipinski definition) is 1. The third-order valence-electron chi connectivity index (χ3n) is 2.90. The lowest BCUT2D eigenvalue weighted by atomic mass is 9.98. The zero-order chi connectivity index (χ0) is 12.9. The van der Waals surface area contributed by atoms with Crippen LogP contribution in [0.5, 0.6) is 0 Å². The predicted octanol–water partition coefficient (Wildman–Crippen LogP) is 3.09. The third kappa shape index (κ3) is 5.00. The first kappa shape index (κ1) is 14.4. The Bertz CT molecular complexity index is 370. The highest BCUT2D eigenvalue weighted by molar-refractivity contribution is 7.84. The summed E-state index contributed by atoms with van der Waals surface area (Å²) in [5, 5.41) is 3.55. The molecule has 17 heavy (non-hydrogen) atoms. The second-order valence-corrected chi connectivity index (χ2v) is 6.47. The lowest BCUT2D eigenvalue weighted by Crippen LogP contribution is -2.38. The summed E-state index contributed by atoms with van der Waals surface area (Å²) < 4.78 is 11.3. The molecule has 3 heteroatoms. The molecule has 1 N–H and O–H groups in total. The van der Waals surface area contributed by atoms with Crippen molar-refractivity contribution in [2.45, 2.75) is 50.6 Å². The Kier molecular flexibility index (Phi) is 5.34. The second-order valence-electron chi connectivity index (χ2n) is 5.09. The van der Waals surface area contributed by atoms with Crippen LogP contribution in [-0.4, -0.2) is 16.0 Å². The van der Waals surface area contributed by atoms with Gasteiger partial charge in [-0.1, -0.05) is 25.5 Å². The van der Waals surface area contributed by atoms with Crippen molar-refractivity contribution < 1.29 is 4.21 Å². The lowest BCUT2D eigenvalue weighted by molar-refractivity contribution is 0.357. The lowest BCUT2D eigenvalue weighted by Gasteiger charge is -2.26. The van der Waals surface area contributed by atoms with Crippen molar-refractivity contribution in [1.29, 1.82) is 0 Å². The molecule has 1 rings (SSSR count). The summed E-state index contributed by atoms with van der Waals surface area (Å²) in [4.78, 5) is 0.890. The molecule has 0 aliphatic carbocycles. The van der Waals surface area contributed by atoms with Gasteiger partial charge in [0.1, 0.15) is 0 Å². The van der Waals surface area contributed by atoms with E-state index in [1.165, 1.54) is 18.4 Å². The van der Waals surface area contributed by atoms with Crippen molar-refractivity contribution in [2.24, 2.45) is 0 Å². The first-order valence-electron chi connectivity index (χ1n) is 6.12. The van der Waals surface area contributed by atoms with Crippen LogP contribution >= 0.6 is 0 Å². The maximum absolute atomic E-state index is 11.3. The van der Waals surface area contributed by atoms with E-state index in [1.54, 1.807) is 6.26 Å². The zero-order valence-electron chi connectivity index (χ0n) is 11.2. The topological polar surface area (TPSA) is 29.1 Å². The molecule has 2 nitrogen and oxygen atoms in total. The summed E-state index contributed by atoms with van der Waals surface area (Å²) >= 11 is 0. The minimum Gasteiger partial charge on any atom is -0.308 e. The van der Waals surface area contributed by atoms with E-state index in [4.69, 9.17) is 0 Å².